The molecule has 0 saturated carbocycles. The molecule has 0 aliphatic heterocycles. The number of esters is 1. The van der Waals surface area contributed by atoms with Crippen molar-refractivity contribution in [2.45, 2.75) is 19.3 Å². The molecule has 0 spiro atoms. The van der Waals surface area contributed by atoms with Crippen molar-refractivity contribution in [1.82, 2.24) is 5.32 Å². The Balaban J connectivity index is 2.21. The molecule has 0 aromatic heterocycles. The molecule has 1 rings (SSSR count). The van der Waals surface area contributed by atoms with Gasteiger partial charge in [-0.1, -0.05) is 12.1 Å². The molecule has 1 amide bonds. The van der Waals surface area contributed by atoms with E-state index in [4.69, 9.17) is 10.5 Å². The van der Waals surface area contributed by atoms with Crippen molar-refractivity contribution >= 4 is 17.6 Å². The van der Waals surface area contributed by atoms with Crippen LogP contribution < -0.4 is 11.1 Å². The number of rotatable bonds is 6. The summed E-state index contributed by atoms with van der Waals surface area (Å²) in [4.78, 5) is 22.4. The van der Waals surface area contributed by atoms with E-state index in [1.54, 1.807) is 31.3 Å². The maximum Gasteiger partial charge on any atom is 0.310 e. The van der Waals surface area contributed by atoms with E-state index < -0.39 is 0 Å². The van der Waals surface area contributed by atoms with Gasteiger partial charge in [0.2, 0.25) is 5.91 Å². The number of nitrogen functional groups attached to an aromatic ring is 1. The molecule has 0 radical (unpaired) electrons. The highest BCUT2D eigenvalue weighted by atomic mass is 16.5. The van der Waals surface area contributed by atoms with Crippen molar-refractivity contribution in [1.29, 1.82) is 0 Å². The van der Waals surface area contributed by atoms with Gasteiger partial charge >= 0.3 is 5.97 Å². The number of anilines is 1. The molecule has 18 heavy (non-hydrogen) atoms. The monoisotopic (exact) mass is 250 g/mol. The number of amides is 1. The third kappa shape index (κ3) is 5.34. The van der Waals surface area contributed by atoms with Gasteiger partial charge in [0.25, 0.3) is 0 Å². The minimum Gasteiger partial charge on any atom is -0.465 e. The molecule has 0 saturated heterocycles. The fraction of sp³-hybridized carbons (Fsp3) is 0.385. The Bertz CT molecular complexity index is 401. The van der Waals surface area contributed by atoms with Crippen LogP contribution in [0.3, 0.4) is 0 Å². The second-order valence-corrected chi connectivity index (χ2v) is 3.92. The quantitative estimate of drug-likeness (QED) is 0.446. The summed E-state index contributed by atoms with van der Waals surface area (Å²) in [6, 6.07) is 7.07. The maximum atomic E-state index is 11.5. The molecular formula is C13H18N2O3. The first-order chi connectivity index (χ1) is 8.61. The summed E-state index contributed by atoms with van der Waals surface area (Å²) in [5, 5.41) is 2.51. The van der Waals surface area contributed by atoms with Crippen LogP contribution in [-0.4, -0.2) is 25.5 Å². The number of carbonyl (C=O) groups excluding carboxylic acids is 2. The third-order valence-electron chi connectivity index (χ3n) is 2.42. The highest BCUT2D eigenvalue weighted by Gasteiger charge is 2.05. The van der Waals surface area contributed by atoms with Crippen LogP contribution in [0.4, 0.5) is 5.69 Å². The predicted molar refractivity (Wildman–Crippen MR) is 68.8 cm³/mol. The van der Waals surface area contributed by atoms with Gasteiger partial charge in [0, 0.05) is 19.2 Å². The fourth-order valence-corrected chi connectivity index (χ4v) is 1.40. The molecule has 0 atom stereocenters. The van der Waals surface area contributed by atoms with Crippen molar-refractivity contribution in [3.8, 4) is 0 Å². The molecule has 0 fully saturated rings. The average Bonchev–Trinajstić information content (AvgIpc) is 2.37. The minimum atomic E-state index is -0.295. The Morgan fingerprint density at radius 1 is 1.28 bits per heavy atom. The van der Waals surface area contributed by atoms with E-state index in [-0.39, 0.29) is 24.9 Å². The standard InChI is InChI=1S/C13H18N2O3/c1-15-12(16)3-2-8-18-13(17)9-10-4-6-11(14)7-5-10/h4-7H,2-3,8-9,14H2,1H3,(H,15,16). The fourth-order valence-electron chi connectivity index (χ4n) is 1.40. The first-order valence-corrected chi connectivity index (χ1v) is 5.82. The highest BCUT2D eigenvalue weighted by molar-refractivity contribution is 5.75. The average molecular weight is 250 g/mol. The van der Waals surface area contributed by atoms with Crippen molar-refractivity contribution in [2.24, 2.45) is 0 Å². The topological polar surface area (TPSA) is 81.4 Å². The van der Waals surface area contributed by atoms with Crippen LogP contribution in [0.1, 0.15) is 18.4 Å². The zero-order valence-corrected chi connectivity index (χ0v) is 10.4. The predicted octanol–water partition coefficient (Wildman–Crippen LogP) is 0.881. The molecule has 5 heteroatoms. The Morgan fingerprint density at radius 2 is 1.94 bits per heavy atom. The van der Waals surface area contributed by atoms with Gasteiger partial charge in [-0.25, -0.2) is 0 Å². The lowest BCUT2D eigenvalue weighted by Crippen LogP contribution is -2.18. The molecule has 0 heterocycles. The molecule has 98 valence electrons. The number of nitrogens with one attached hydrogen (secondary N) is 1. The van der Waals surface area contributed by atoms with Gasteiger partial charge in [-0.15, -0.1) is 0 Å². The lowest BCUT2D eigenvalue weighted by molar-refractivity contribution is -0.143. The highest BCUT2D eigenvalue weighted by Crippen LogP contribution is 2.06. The summed E-state index contributed by atoms with van der Waals surface area (Å²) >= 11 is 0. The van der Waals surface area contributed by atoms with Crippen LogP contribution in [0.5, 0.6) is 0 Å². The molecule has 1 aromatic carbocycles. The summed E-state index contributed by atoms with van der Waals surface area (Å²) in [6.07, 6.45) is 1.12. The largest absolute Gasteiger partial charge is 0.465 e. The summed E-state index contributed by atoms with van der Waals surface area (Å²) in [6.45, 7) is 0.265. The summed E-state index contributed by atoms with van der Waals surface area (Å²) in [5.41, 5.74) is 7.07. The Morgan fingerprint density at radius 3 is 2.56 bits per heavy atom. The maximum absolute atomic E-state index is 11.5. The van der Waals surface area contributed by atoms with Crippen LogP contribution in [0.2, 0.25) is 0 Å². The smallest absolute Gasteiger partial charge is 0.310 e. The second kappa shape index (κ2) is 7.32. The third-order valence-corrected chi connectivity index (χ3v) is 2.42. The van der Waals surface area contributed by atoms with Crippen molar-refractivity contribution in [3.05, 3.63) is 29.8 Å². The van der Waals surface area contributed by atoms with E-state index in [0.29, 0.717) is 18.5 Å². The van der Waals surface area contributed by atoms with Gasteiger partial charge < -0.3 is 15.8 Å². The number of hydrogen-bond acceptors (Lipinski definition) is 4. The molecule has 0 aliphatic rings. The van der Waals surface area contributed by atoms with Gasteiger partial charge in [-0.05, 0) is 24.1 Å². The van der Waals surface area contributed by atoms with E-state index in [0.717, 1.165) is 5.56 Å². The SMILES string of the molecule is CNC(=O)CCCOC(=O)Cc1ccc(N)cc1. The molecule has 3 N–H and O–H groups in total. The molecule has 0 aliphatic carbocycles. The Hall–Kier alpha value is -2.04. The van der Waals surface area contributed by atoms with Crippen LogP contribution in [0, 0.1) is 0 Å². The van der Waals surface area contributed by atoms with Crippen LogP contribution in [0.25, 0.3) is 0 Å². The zero-order chi connectivity index (χ0) is 13.4. The molecular weight excluding hydrogens is 232 g/mol. The lowest BCUT2D eigenvalue weighted by Gasteiger charge is -2.05. The molecule has 5 nitrogen and oxygen atoms in total. The Labute approximate surface area is 106 Å². The lowest BCUT2D eigenvalue weighted by atomic mass is 10.1. The molecule has 0 unspecified atom stereocenters. The molecule has 1 aromatic rings. The van der Waals surface area contributed by atoms with Gasteiger partial charge in [0.05, 0.1) is 13.0 Å². The number of nitrogens with two attached hydrogens (primary N) is 1. The van der Waals surface area contributed by atoms with Crippen molar-refractivity contribution in [2.75, 3.05) is 19.4 Å². The number of benzene rings is 1. The van der Waals surface area contributed by atoms with Crippen molar-refractivity contribution < 1.29 is 14.3 Å². The van der Waals surface area contributed by atoms with Crippen LogP contribution in [0.15, 0.2) is 24.3 Å². The van der Waals surface area contributed by atoms with E-state index in [1.165, 1.54) is 0 Å². The minimum absolute atomic E-state index is 0.0513. The first kappa shape index (κ1) is 14.0. The Kier molecular flexibility index (Phi) is 5.70. The van der Waals surface area contributed by atoms with E-state index in [9.17, 15) is 9.59 Å². The number of carbonyl (C=O) groups is 2. The van der Waals surface area contributed by atoms with Gasteiger partial charge in [0.1, 0.15) is 0 Å². The van der Waals surface area contributed by atoms with E-state index in [1.807, 2.05) is 0 Å². The van der Waals surface area contributed by atoms with Gasteiger partial charge in [-0.2, -0.15) is 0 Å². The molecule has 0 bridgehead atoms. The zero-order valence-electron chi connectivity index (χ0n) is 10.4. The van der Waals surface area contributed by atoms with E-state index >= 15 is 0 Å². The van der Waals surface area contributed by atoms with Gasteiger partial charge in [-0.3, -0.25) is 9.59 Å². The first-order valence-electron chi connectivity index (χ1n) is 5.82. The van der Waals surface area contributed by atoms with Crippen LogP contribution in [-0.2, 0) is 20.7 Å². The van der Waals surface area contributed by atoms with E-state index in [2.05, 4.69) is 5.32 Å². The summed E-state index contributed by atoms with van der Waals surface area (Å²) in [7, 11) is 1.58. The van der Waals surface area contributed by atoms with Gasteiger partial charge in [0.15, 0.2) is 0 Å². The van der Waals surface area contributed by atoms with Crippen molar-refractivity contribution in [3.63, 3.8) is 0 Å². The summed E-state index contributed by atoms with van der Waals surface area (Å²) in [5.74, 6) is -0.346. The summed E-state index contributed by atoms with van der Waals surface area (Å²) < 4.78 is 5.02. The normalized spacial score (nSPS) is 9.83. The number of ether oxygens (including phenoxy) is 1. The second-order valence-electron chi connectivity index (χ2n) is 3.92. The number of hydrogen-bond donors (Lipinski definition) is 2. The van der Waals surface area contributed by atoms with Crippen LogP contribution >= 0.6 is 0 Å².